The number of amides is 1. The van der Waals surface area contributed by atoms with Crippen LogP contribution in [0.25, 0.3) is 11.0 Å². The summed E-state index contributed by atoms with van der Waals surface area (Å²) in [6.07, 6.45) is 0.824. The van der Waals surface area contributed by atoms with Crippen molar-refractivity contribution in [3.63, 3.8) is 0 Å². The molecule has 0 aliphatic heterocycles. The molecule has 1 heterocycles. The smallest absolute Gasteiger partial charge is 0.220 e. The number of benzene rings is 3. The zero-order valence-corrected chi connectivity index (χ0v) is 19.2. The number of aromatic nitrogens is 2. The molecule has 0 saturated heterocycles. The van der Waals surface area contributed by atoms with Gasteiger partial charge in [-0.1, -0.05) is 42.5 Å². The van der Waals surface area contributed by atoms with E-state index in [0.29, 0.717) is 36.5 Å². The van der Waals surface area contributed by atoms with E-state index < -0.39 is 0 Å². The lowest BCUT2D eigenvalue weighted by Crippen LogP contribution is -2.31. The molecule has 0 fully saturated rings. The normalized spacial score (nSPS) is 11.6. The van der Waals surface area contributed by atoms with Crippen LogP contribution < -0.4 is 14.8 Å². The number of methoxy groups -OCH3 is 1. The Balaban J connectivity index is 1.43. The summed E-state index contributed by atoms with van der Waals surface area (Å²) < 4.78 is 13.1. The number of hydrogen-bond acceptors (Lipinski definition) is 5. The molecule has 1 amide bonds. The van der Waals surface area contributed by atoms with Gasteiger partial charge in [-0.2, -0.15) is 5.26 Å². The number of hydrogen-bond donors (Lipinski definition) is 1. The van der Waals surface area contributed by atoms with Gasteiger partial charge in [-0.05, 0) is 36.2 Å². The molecule has 3 aromatic carbocycles. The molecule has 1 unspecified atom stereocenters. The Kier molecular flexibility index (Phi) is 7.09. The molecule has 7 heteroatoms. The lowest BCUT2D eigenvalue weighted by molar-refractivity contribution is -0.121. The van der Waals surface area contributed by atoms with Gasteiger partial charge in [0.2, 0.25) is 5.91 Å². The largest absolute Gasteiger partial charge is 0.493 e. The van der Waals surface area contributed by atoms with Crippen LogP contribution >= 0.6 is 0 Å². The second kappa shape index (κ2) is 10.5. The van der Waals surface area contributed by atoms with E-state index in [4.69, 9.17) is 19.7 Å². The Labute approximate surface area is 198 Å². The van der Waals surface area contributed by atoms with Crippen LogP contribution in [0.3, 0.4) is 0 Å². The number of carbonyl (C=O) groups is 1. The quantitative estimate of drug-likeness (QED) is 0.376. The third kappa shape index (κ3) is 5.02. The van der Waals surface area contributed by atoms with Gasteiger partial charge in [0.05, 0.1) is 36.4 Å². The number of fused-ring (bicyclic) bond motifs is 1. The number of nitrogens with one attached hydrogen (secondary N) is 1. The van der Waals surface area contributed by atoms with Crippen molar-refractivity contribution in [3.05, 3.63) is 89.7 Å². The van der Waals surface area contributed by atoms with E-state index in [1.54, 1.807) is 18.2 Å². The van der Waals surface area contributed by atoms with Crippen molar-refractivity contribution >= 4 is 16.9 Å². The minimum atomic E-state index is -0.370. The summed E-state index contributed by atoms with van der Waals surface area (Å²) >= 11 is 0. The molecule has 1 aromatic heterocycles. The third-order valence-electron chi connectivity index (χ3n) is 5.62. The number of para-hydroxylation sites is 2. The Morgan fingerprint density at radius 1 is 1.09 bits per heavy atom. The SMILES string of the molecule is COc1cc(C#N)ccc1OCCCC(=O)NC(c1ccccc1)c1nc2ccccc2n1C. The zero-order valence-electron chi connectivity index (χ0n) is 19.2. The van der Waals surface area contributed by atoms with E-state index >= 15 is 0 Å². The molecule has 0 saturated carbocycles. The maximum atomic E-state index is 12.9. The number of carbonyl (C=O) groups excluding carboxylic acids is 1. The average Bonchev–Trinajstić information content (AvgIpc) is 3.21. The van der Waals surface area contributed by atoms with Crippen molar-refractivity contribution in [1.82, 2.24) is 14.9 Å². The van der Waals surface area contributed by atoms with Crippen LogP contribution in [0.2, 0.25) is 0 Å². The minimum Gasteiger partial charge on any atom is -0.493 e. The second-order valence-electron chi connectivity index (χ2n) is 7.86. The highest BCUT2D eigenvalue weighted by atomic mass is 16.5. The molecule has 0 bridgehead atoms. The van der Waals surface area contributed by atoms with Gasteiger partial charge in [-0.25, -0.2) is 4.98 Å². The summed E-state index contributed by atoms with van der Waals surface area (Å²) in [7, 11) is 3.49. The van der Waals surface area contributed by atoms with Gasteiger partial charge in [-0.3, -0.25) is 4.79 Å². The van der Waals surface area contributed by atoms with Gasteiger partial charge >= 0.3 is 0 Å². The second-order valence-corrected chi connectivity index (χ2v) is 7.86. The fraction of sp³-hybridized carbons (Fsp3) is 0.222. The molecule has 0 spiro atoms. The minimum absolute atomic E-state index is 0.0868. The third-order valence-corrected chi connectivity index (χ3v) is 5.62. The summed E-state index contributed by atoms with van der Waals surface area (Å²) in [4.78, 5) is 17.7. The number of rotatable bonds is 9. The van der Waals surface area contributed by atoms with E-state index in [2.05, 4.69) is 11.4 Å². The number of nitriles is 1. The lowest BCUT2D eigenvalue weighted by atomic mass is 10.1. The van der Waals surface area contributed by atoms with Crippen LogP contribution in [0.15, 0.2) is 72.8 Å². The van der Waals surface area contributed by atoms with E-state index in [1.165, 1.54) is 7.11 Å². The van der Waals surface area contributed by atoms with Gasteiger partial charge in [0, 0.05) is 19.5 Å². The van der Waals surface area contributed by atoms with Crippen LogP contribution in [0.5, 0.6) is 11.5 Å². The molecule has 1 atom stereocenters. The fourth-order valence-electron chi connectivity index (χ4n) is 3.87. The number of imidazole rings is 1. The highest BCUT2D eigenvalue weighted by molar-refractivity contribution is 5.78. The van der Waals surface area contributed by atoms with E-state index in [1.807, 2.05) is 66.2 Å². The number of aryl methyl sites for hydroxylation is 1. The van der Waals surface area contributed by atoms with Crippen LogP contribution in [0, 0.1) is 11.3 Å². The van der Waals surface area contributed by atoms with E-state index in [0.717, 1.165) is 22.4 Å². The zero-order chi connectivity index (χ0) is 23.9. The molecule has 0 aliphatic rings. The molecule has 0 radical (unpaired) electrons. The highest BCUT2D eigenvalue weighted by Gasteiger charge is 2.22. The summed E-state index contributed by atoms with van der Waals surface area (Å²) in [5.74, 6) is 1.73. The molecule has 4 rings (SSSR count). The molecule has 172 valence electrons. The molecule has 7 nitrogen and oxygen atoms in total. The highest BCUT2D eigenvalue weighted by Crippen LogP contribution is 2.28. The standard InChI is InChI=1S/C27H26N4O3/c1-31-22-12-7-6-11-21(22)29-27(31)26(20-9-4-3-5-10-20)30-25(32)13-8-16-34-23-15-14-19(18-28)17-24(23)33-2/h3-7,9-12,14-15,17,26H,8,13,16H2,1-2H3,(H,30,32). The van der Waals surface area contributed by atoms with Crippen molar-refractivity contribution in [2.75, 3.05) is 13.7 Å². The summed E-state index contributed by atoms with van der Waals surface area (Å²) in [6, 6.07) is 24.5. The van der Waals surface area contributed by atoms with Crippen molar-refractivity contribution in [2.24, 2.45) is 7.05 Å². The first-order chi connectivity index (χ1) is 16.6. The Morgan fingerprint density at radius 2 is 1.85 bits per heavy atom. The van der Waals surface area contributed by atoms with Crippen LogP contribution in [-0.2, 0) is 11.8 Å². The summed E-state index contributed by atoms with van der Waals surface area (Å²) in [5, 5.41) is 12.2. The van der Waals surface area contributed by atoms with Crippen molar-refractivity contribution < 1.29 is 14.3 Å². The summed E-state index contributed by atoms with van der Waals surface area (Å²) in [6.45, 7) is 0.345. The van der Waals surface area contributed by atoms with Gasteiger partial charge in [0.15, 0.2) is 11.5 Å². The Bertz CT molecular complexity index is 1320. The van der Waals surface area contributed by atoms with Crippen LogP contribution in [0.4, 0.5) is 0 Å². The van der Waals surface area contributed by atoms with Crippen LogP contribution in [0.1, 0.15) is 35.8 Å². The molecular weight excluding hydrogens is 428 g/mol. The summed E-state index contributed by atoms with van der Waals surface area (Å²) in [5.41, 5.74) is 3.36. The molecular formula is C27H26N4O3. The van der Waals surface area contributed by atoms with E-state index in [-0.39, 0.29) is 11.9 Å². The van der Waals surface area contributed by atoms with Crippen LogP contribution in [-0.4, -0.2) is 29.2 Å². The predicted molar refractivity (Wildman–Crippen MR) is 130 cm³/mol. The fourth-order valence-corrected chi connectivity index (χ4v) is 3.87. The van der Waals surface area contributed by atoms with Crippen molar-refractivity contribution in [1.29, 1.82) is 5.26 Å². The lowest BCUT2D eigenvalue weighted by Gasteiger charge is -2.19. The van der Waals surface area contributed by atoms with Gasteiger partial charge < -0.3 is 19.4 Å². The van der Waals surface area contributed by atoms with Gasteiger partial charge in [0.1, 0.15) is 11.9 Å². The first-order valence-corrected chi connectivity index (χ1v) is 11.1. The number of ether oxygens (including phenoxy) is 2. The monoisotopic (exact) mass is 454 g/mol. The van der Waals surface area contributed by atoms with E-state index in [9.17, 15) is 4.79 Å². The maximum absolute atomic E-state index is 12.9. The molecule has 4 aromatic rings. The Hall–Kier alpha value is -4.31. The number of nitrogens with zero attached hydrogens (tertiary/aromatic N) is 3. The maximum Gasteiger partial charge on any atom is 0.220 e. The first-order valence-electron chi connectivity index (χ1n) is 11.1. The average molecular weight is 455 g/mol. The molecule has 0 aliphatic carbocycles. The topological polar surface area (TPSA) is 89.2 Å². The van der Waals surface area contributed by atoms with Gasteiger partial charge in [0.25, 0.3) is 0 Å². The predicted octanol–water partition coefficient (Wildman–Crippen LogP) is 4.52. The first kappa shape index (κ1) is 22.9. The van der Waals surface area contributed by atoms with Gasteiger partial charge in [-0.15, -0.1) is 0 Å². The molecule has 1 N–H and O–H groups in total. The molecule has 34 heavy (non-hydrogen) atoms. The van der Waals surface area contributed by atoms with Crippen molar-refractivity contribution in [3.8, 4) is 17.6 Å². The van der Waals surface area contributed by atoms with Crippen molar-refractivity contribution in [2.45, 2.75) is 18.9 Å². The Morgan fingerprint density at radius 3 is 2.59 bits per heavy atom.